The lowest BCUT2D eigenvalue weighted by Crippen LogP contribution is -2.32. The smallest absolute Gasteiger partial charge is 0.255 e. The van der Waals surface area contributed by atoms with Gasteiger partial charge in [0.2, 0.25) is 5.56 Å². The van der Waals surface area contributed by atoms with Gasteiger partial charge in [-0.15, -0.1) is 10.2 Å². The fourth-order valence-electron chi connectivity index (χ4n) is 3.74. The summed E-state index contributed by atoms with van der Waals surface area (Å²) in [5.41, 5.74) is 0.310. The molecular formula is C17H21N5O2. The highest BCUT2D eigenvalue weighted by Gasteiger charge is 2.34. The second-order valence-corrected chi connectivity index (χ2v) is 6.53. The van der Waals surface area contributed by atoms with Gasteiger partial charge in [-0.25, -0.2) is 0 Å². The number of likely N-dealkylation sites (tertiary alicyclic amines) is 1. The van der Waals surface area contributed by atoms with Gasteiger partial charge in [0.25, 0.3) is 5.91 Å². The molecule has 4 heterocycles. The summed E-state index contributed by atoms with van der Waals surface area (Å²) in [6.45, 7) is 1.65. The van der Waals surface area contributed by atoms with Gasteiger partial charge in [0.1, 0.15) is 5.82 Å². The van der Waals surface area contributed by atoms with Crippen LogP contribution in [0.3, 0.4) is 0 Å². The van der Waals surface area contributed by atoms with E-state index >= 15 is 0 Å². The Bertz CT molecular complexity index is 789. The fraction of sp³-hybridized carbons (Fsp3) is 0.529. The number of amides is 1. The van der Waals surface area contributed by atoms with Crippen LogP contribution in [0.15, 0.2) is 23.1 Å². The van der Waals surface area contributed by atoms with Gasteiger partial charge in [-0.3, -0.25) is 9.59 Å². The van der Waals surface area contributed by atoms with Crippen LogP contribution >= 0.6 is 0 Å². The molecule has 0 aromatic carbocycles. The molecule has 0 aliphatic carbocycles. The first-order chi connectivity index (χ1) is 11.7. The van der Waals surface area contributed by atoms with Gasteiger partial charge in [-0.1, -0.05) is 6.42 Å². The number of hydrogen-bond donors (Lipinski definition) is 1. The molecule has 2 aliphatic rings. The first kappa shape index (κ1) is 15.1. The minimum Gasteiger partial charge on any atom is -0.328 e. The van der Waals surface area contributed by atoms with E-state index in [4.69, 9.17) is 0 Å². The Hall–Kier alpha value is -2.44. The molecule has 2 aromatic heterocycles. The number of aryl methyl sites for hydroxylation is 1. The minimum absolute atomic E-state index is 0.0243. The Morgan fingerprint density at radius 1 is 1.12 bits per heavy atom. The molecule has 0 radical (unpaired) electrons. The quantitative estimate of drug-likeness (QED) is 0.909. The number of nitrogens with zero attached hydrogens (tertiary/aromatic N) is 4. The van der Waals surface area contributed by atoms with E-state index in [-0.39, 0.29) is 17.5 Å². The lowest BCUT2D eigenvalue weighted by molar-refractivity contribution is 0.0726. The van der Waals surface area contributed by atoms with Crippen LogP contribution in [0.5, 0.6) is 0 Å². The highest BCUT2D eigenvalue weighted by atomic mass is 16.2. The lowest BCUT2D eigenvalue weighted by atomic mass is 10.1. The molecule has 1 N–H and O–H groups in total. The Kier molecular flexibility index (Phi) is 3.92. The number of nitrogens with one attached hydrogen (secondary N) is 1. The summed E-state index contributed by atoms with van der Waals surface area (Å²) < 4.78 is 2.22. The molecule has 7 heteroatoms. The Labute approximate surface area is 139 Å². The summed E-state index contributed by atoms with van der Waals surface area (Å²) in [4.78, 5) is 28.5. The van der Waals surface area contributed by atoms with Crippen molar-refractivity contribution in [2.75, 3.05) is 6.54 Å². The largest absolute Gasteiger partial charge is 0.328 e. The van der Waals surface area contributed by atoms with Crippen molar-refractivity contribution in [3.8, 4) is 0 Å². The Morgan fingerprint density at radius 3 is 2.88 bits per heavy atom. The van der Waals surface area contributed by atoms with Gasteiger partial charge in [0.05, 0.1) is 11.6 Å². The molecule has 126 valence electrons. The predicted octanol–water partition coefficient (Wildman–Crippen LogP) is 1.67. The van der Waals surface area contributed by atoms with E-state index in [0.717, 1.165) is 50.3 Å². The van der Waals surface area contributed by atoms with Crippen molar-refractivity contribution in [1.82, 2.24) is 24.6 Å². The average molecular weight is 327 g/mol. The van der Waals surface area contributed by atoms with Crippen molar-refractivity contribution in [1.29, 1.82) is 0 Å². The van der Waals surface area contributed by atoms with Gasteiger partial charge < -0.3 is 14.5 Å². The van der Waals surface area contributed by atoms with Crippen molar-refractivity contribution >= 4 is 5.91 Å². The van der Waals surface area contributed by atoms with Crippen molar-refractivity contribution in [2.24, 2.45) is 0 Å². The SMILES string of the molecule is O=C(c1ccc(=O)[nH]c1)N1CCC[C@@H]1c1nnc2n1CCCCC2. The predicted molar refractivity (Wildman–Crippen MR) is 87.7 cm³/mol. The van der Waals surface area contributed by atoms with Crippen LogP contribution in [0.4, 0.5) is 0 Å². The molecule has 24 heavy (non-hydrogen) atoms. The second kappa shape index (κ2) is 6.22. The normalized spacial score (nSPS) is 20.7. The minimum atomic E-state index is -0.202. The molecule has 2 aliphatic heterocycles. The van der Waals surface area contributed by atoms with Gasteiger partial charge in [-0.05, 0) is 31.7 Å². The highest BCUT2D eigenvalue weighted by Crippen LogP contribution is 2.33. The number of aromatic amines is 1. The summed E-state index contributed by atoms with van der Waals surface area (Å²) in [6.07, 6.45) is 7.84. The van der Waals surface area contributed by atoms with E-state index in [1.165, 1.54) is 18.7 Å². The Balaban J connectivity index is 1.63. The van der Waals surface area contributed by atoms with E-state index in [1.807, 2.05) is 4.90 Å². The van der Waals surface area contributed by atoms with Gasteiger partial charge in [0, 0.05) is 31.8 Å². The molecule has 2 aromatic rings. The van der Waals surface area contributed by atoms with Crippen LogP contribution in [-0.2, 0) is 13.0 Å². The number of H-pyrrole nitrogens is 1. The molecule has 4 rings (SSSR count). The number of aromatic nitrogens is 4. The number of carbonyl (C=O) groups is 1. The second-order valence-electron chi connectivity index (χ2n) is 6.53. The molecule has 7 nitrogen and oxygen atoms in total. The molecule has 0 saturated carbocycles. The van der Waals surface area contributed by atoms with E-state index < -0.39 is 0 Å². The van der Waals surface area contributed by atoms with Gasteiger partial charge >= 0.3 is 0 Å². The number of pyridine rings is 1. The van der Waals surface area contributed by atoms with Crippen LogP contribution in [0, 0.1) is 0 Å². The van der Waals surface area contributed by atoms with E-state index in [9.17, 15) is 9.59 Å². The van der Waals surface area contributed by atoms with E-state index in [2.05, 4.69) is 19.7 Å². The van der Waals surface area contributed by atoms with E-state index in [1.54, 1.807) is 6.07 Å². The number of hydrogen-bond acceptors (Lipinski definition) is 4. The maximum absolute atomic E-state index is 12.8. The highest BCUT2D eigenvalue weighted by molar-refractivity contribution is 5.94. The number of fused-ring (bicyclic) bond motifs is 1. The first-order valence-corrected chi connectivity index (χ1v) is 8.66. The maximum Gasteiger partial charge on any atom is 0.255 e. The fourth-order valence-corrected chi connectivity index (χ4v) is 3.74. The van der Waals surface area contributed by atoms with E-state index in [0.29, 0.717) is 12.1 Å². The maximum atomic E-state index is 12.8. The summed E-state index contributed by atoms with van der Waals surface area (Å²) in [7, 11) is 0. The summed E-state index contributed by atoms with van der Waals surface area (Å²) in [5.74, 6) is 1.91. The topological polar surface area (TPSA) is 83.9 Å². The third-order valence-electron chi connectivity index (χ3n) is 4.98. The zero-order valence-electron chi connectivity index (χ0n) is 13.6. The molecular weight excluding hydrogens is 306 g/mol. The van der Waals surface area contributed by atoms with Crippen molar-refractivity contribution in [3.63, 3.8) is 0 Å². The van der Waals surface area contributed by atoms with Crippen LogP contribution in [-0.4, -0.2) is 37.1 Å². The summed E-state index contributed by atoms with van der Waals surface area (Å²) in [6, 6.07) is 2.95. The third kappa shape index (κ3) is 2.64. The average Bonchev–Trinajstić information content (AvgIpc) is 3.16. The van der Waals surface area contributed by atoms with Crippen molar-refractivity contribution < 1.29 is 4.79 Å². The zero-order chi connectivity index (χ0) is 16.5. The molecule has 1 amide bonds. The molecule has 0 bridgehead atoms. The Morgan fingerprint density at radius 2 is 2.04 bits per heavy atom. The standard InChI is InChI=1S/C17H21N5O2/c23-15-8-7-12(11-18-15)17(24)21-10-4-5-13(21)16-20-19-14-6-2-1-3-9-22(14)16/h7-8,11,13H,1-6,9-10H2,(H,18,23)/t13-/m1/s1. The third-order valence-corrected chi connectivity index (χ3v) is 4.98. The first-order valence-electron chi connectivity index (χ1n) is 8.66. The van der Waals surface area contributed by atoms with Crippen molar-refractivity contribution in [3.05, 3.63) is 45.9 Å². The summed E-state index contributed by atoms with van der Waals surface area (Å²) in [5, 5.41) is 8.79. The summed E-state index contributed by atoms with van der Waals surface area (Å²) >= 11 is 0. The lowest BCUT2D eigenvalue weighted by Gasteiger charge is -2.24. The molecule has 1 saturated heterocycles. The molecule has 0 unspecified atom stereocenters. The van der Waals surface area contributed by atoms with Crippen LogP contribution in [0.2, 0.25) is 0 Å². The number of carbonyl (C=O) groups excluding carboxylic acids is 1. The van der Waals surface area contributed by atoms with Crippen LogP contribution < -0.4 is 5.56 Å². The number of rotatable bonds is 2. The van der Waals surface area contributed by atoms with Gasteiger partial charge in [0.15, 0.2) is 5.82 Å². The van der Waals surface area contributed by atoms with Crippen LogP contribution in [0.25, 0.3) is 0 Å². The molecule has 1 fully saturated rings. The van der Waals surface area contributed by atoms with Crippen LogP contribution in [0.1, 0.15) is 60.2 Å². The molecule has 0 spiro atoms. The molecule has 1 atom stereocenters. The van der Waals surface area contributed by atoms with Gasteiger partial charge in [-0.2, -0.15) is 0 Å². The van der Waals surface area contributed by atoms with Crippen molar-refractivity contribution in [2.45, 2.75) is 51.1 Å². The monoisotopic (exact) mass is 327 g/mol. The zero-order valence-corrected chi connectivity index (χ0v) is 13.6.